The summed E-state index contributed by atoms with van der Waals surface area (Å²) in [6.07, 6.45) is 12.1. The molecule has 2 nitrogen and oxygen atoms in total. The summed E-state index contributed by atoms with van der Waals surface area (Å²) < 4.78 is 0. The van der Waals surface area contributed by atoms with Crippen LogP contribution in [0.2, 0.25) is 0 Å². The molecule has 1 amide bonds. The topological polar surface area (TPSA) is 29.1 Å². The van der Waals surface area contributed by atoms with Gasteiger partial charge in [0, 0.05) is 6.54 Å². The van der Waals surface area contributed by atoms with E-state index in [0.717, 1.165) is 24.3 Å². The number of hydrogen-bond acceptors (Lipinski definition) is 1. The molecular weight excluding hydrogens is 330 g/mol. The van der Waals surface area contributed by atoms with Gasteiger partial charge in [0.2, 0.25) is 5.91 Å². The Hall–Kier alpha value is -0.500. The largest absolute Gasteiger partial charge is 0.355 e. The van der Waals surface area contributed by atoms with Gasteiger partial charge in [-0.1, -0.05) is 32.4 Å². The van der Waals surface area contributed by atoms with Crippen LogP contribution in [0.5, 0.6) is 0 Å². The fourth-order valence-electron chi connectivity index (χ4n) is 8.05. The number of rotatable bonds is 3. The molecule has 3 heteroatoms. The Kier molecular flexibility index (Phi) is 4.30. The molecule has 4 fully saturated rings. The van der Waals surface area contributed by atoms with Crippen LogP contribution in [-0.2, 0) is 4.79 Å². The van der Waals surface area contributed by atoms with Gasteiger partial charge in [0.25, 0.3) is 0 Å². The van der Waals surface area contributed by atoms with Gasteiger partial charge >= 0.3 is 0 Å². The molecule has 0 aromatic rings. The second-order valence-electron chi connectivity index (χ2n) is 10.2. The van der Waals surface area contributed by atoms with Crippen LogP contribution in [0.15, 0.2) is 12.2 Å². The van der Waals surface area contributed by atoms with Gasteiger partial charge in [0.15, 0.2) is 0 Å². The minimum atomic E-state index is -0.0185. The maximum Gasteiger partial charge on any atom is 0.234 e. The second kappa shape index (κ2) is 6.01. The lowest BCUT2D eigenvalue weighted by molar-refractivity contribution is -0.149. The molecule has 4 saturated carbocycles. The van der Waals surface area contributed by atoms with Crippen molar-refractivity contribution in [2.75, 3.05) is 12.4 Å². The molecule has 0 aromatic carbocycles. The van der Waals surface area contributed by atoms with Crippen LogP contribution in [0, 0.1) is 34.0 Å². The van der Waals surface area contributed by atoms with E-state index in [1.165, 1.54) is 57.8 Å². The standard InChI is InChI=1S/C22H34ClNO/c1-15-11-22-10-7-17-20(2,14-24-19(25)13-23)8-4-9-21(17,3)18(22)6-5-16(15)12-22/h16-18H,1,4-14H2,2-3H3,(H,24,25)/t16-,17?,18?,20+,21-,22-/m1/s1. The molecule has 140 valence electrons. The van der Waals surface area contributed by atoms with E-state index in [1.54, 1.807) is 5.57 Å². The molecule has 0 aliphatic heterocycles. The molecule has 0 heterocycles. The predicted molar refractivity (Wildman–Crippen MR) is 104 cm³/mol. The van der Waals surface area contributed by atoms with E-state index >= 15 is 0 Å². The average Bonchev–Trinajstić information content (AvgIpc) is 2.81. The zero-order valence-electron chi connectivity index (χ0n) is 16.0. The SMILES string of the molecule is C=C1C[C@@]23CCC4[C@](C)(CNC(=O)CCl)CCC[C@@]4(C)C2CC[C@@H]1C3. The van der Waals surface area contributed by atoms with Crippen molar-refractivity contribution in [3.63, 3.8) is 0 Å². The molecule has 4 aliphatic carbocycles. The molecule has 6 atom stereocenters. The van der Waals surface area contributed by atoms with E-state index in [1.807, 2.05) is 0 Å². The van der Waals surface area contributed by atoms with Gasteiger partial charge < -0.3 is 5.32 Å². The van der Waals surface area contributed by atoms with Crippen LogP contribution >= 0.6 is 11.6 Å². The third-order valence-corrected chi connectivity index (χ3v) is 9.23. The van der Waals surface area contributed by atoms with Crippen LogP contribution in [0.3, 0.4) is 0 Å². The monoisotopic (exact) mass is 363 g/mol. The number of amides is 1. The van der Waals surface area contributed by atoms with Crippen molar-refractivity contribution in [3.05, 3.63) is 12.2 Å². The van der Waals surface area contributed by atoms with Crippen LogP contribution in [0.1, 0.15) is 71.6 Å². The van der Waals surface area contributed by atoms with Crippen LogP contribution < -0.4 is 5.32 Å². The highest BCUT2D eigenvalue weighted by molar-refractivity contribution is 6.27. The van der Waals surface area contributed by atoms with Crippen molar-refractivity contribution >= 4 is 17.5 Å². The number of hydrogen-bond donors (Lipinski definition) is 1. The van der Waals surface area contributed by atoms with Gasteiger partial charge in [-0.3, -0.25) is 4.79 Å². The van der Waals surface area contributed by atoms with Crippen molar-refractivity contribution in [1.29, 1.82) is 0 Å². The molecule has 25 heavy (non-hydrogen) atoms. The third-order valence-electron chi connectivity index (χ3n) is 8.99. The number of carbonyl (C=O) groups excluding carboxylic acids is 1. The third kappa shape index (κ3) is 2.61. The van der Waals surface area contributed by atoms with Crippen LogP contribution in [-0.4, -0.2) is 18.3 Å². The molecule has 1 spiro atoms. The Bertz CT molecular complexity index is 589. The number of allylic oxidation sites excluding steroid dienone is 1. The summed E-state index contributed by atoms with van der Waals surface area (Å²) in [7, 11) is 0. The van der Waals surface area contributed by atoms with Gasteiger partial charge in [0.1, 0.15) is 5.88 Å². The van der Waals surface area contributed by atoms with Crippen molar-refractivity contribution < 1.29 is 4.79 Å². The average molecular weight is 364 g/mol. The molecule has 1 N–H and O–H groups in total. The summed E-state index contributed by atoms with van der Waals surface area (Å²) in [5, 5.41) is 3.12. The second-order valence-corrected chi connectivity index (χ2v) is 10.5. The van der Waals surface area contributed by atoms with Gasteiger partial charge in [-0.05, 0) is 85.4 Å². The molecule has 0 aromatic heterocycles. The van der Waals surface area contributed by atoms with Crippen molar-refractivity contribution in [2.45, 2.75) is 71.6 Å². The molecule has 2 bridgehead atoms. The van der Waals surface area contributed by atoms with E-state index in [2.05, 4.69) is 25.7 Å². The Morgan fingerprint density at radius 3 is 2.76 bits per heavy atom. The summed E-state index contributed by atoms with van der Waals surface area (Å²) in [6, 6.07) is 0. The van der Waals surface area contributed by atoms with Gasteiger partial charge in [0.05, 0.1) is 0 Å². The van der Waals surface area contributed by atoms with Gasteiger partial charge in [-0.2, -0.15) is 0 Å². The van der Waals surface area contributed by atoms with Crippen molar-refractivity contribution in [3.8, 4) is 0 Å². The summed E-state index contributed by atoms with van der Waals surface area (Å²) in [6.45, 7) is 10.3. The lowest BCUT2D eigenvalue weighted by Gasteiger charge is -2.64. The Balaban J connectivity index is 1.61. The molecule has 4 rings (SSSR count). The summed E-state index contributed by atoms with van der Waals surface area (Å²) in [5.74, 6) is 2.46. The van der Waals surface area contributed by atoms with Crippen molar-refractivity contribution in [2.24, 2.45) is 34.0 Å². The highest BCUT2D eigenvalue weighted by atomic mass is 35.5. The molecule has 2 unspecified atom stereocenters. The Morgan fingerprint density at radius 2 is 2.00 bits per heavy atom. The zero-order valence-corrected chi connectivity index (χ0v) is 16.8. The fourth-order valence-corrected chi connectivity index (χ4v) is 8.14. The fraction of sp³-hybridized carbons (Fsp3) is 0.864. The summed E-state index contributed by atoms with van der Waals surface area (Å²) >= 11 is 5.71. The van der Waals surface area contributed by atoms with Crippen LogP contribution in [0.4, 0.5) is 0 Å². The lowest BCUT2D eigenvalue weighted by atomic mass is 9.41. The summed E-state index contributed by atoms with van der Waals surface area (Å²) in [5.41, 5.74) is 2.77. The van der Waals surface area contributed by atoms with E-state index in [9.17, 15) is 4.79 Å². The normalized spacial score (nSPS) is 48.6. The quantitative estimate of drug-likeness (QED) is 0.534. The predicted octanol–water partition coefficient (Wildman–Crippen LogP) is 5.31. The maximum atomic E-state index is 11.8. The van der Waals surface area contributed by atoms with E-state index in [4.69, 9.17) is 11.6 Å². The molecule has 0 radical (unpaired) electrons. The van der Waals surface area contributed by atoms with E-state index < -0.39 is 0 Å². The molecule has 0 saturated heterocycles. The Morgan fingerprint density at radius 1 is 1.20 bits per heavy atom. The minimum absolute atomic E-state index is 0.0185. The highest BCUT2D eigenvalue weighted by Crippen LogP contribution is 2.72. The van der Waals surface area contributed by atoms with Gasteiger partial charge in [-0.15, -0.1) is 11.6 Å². The first-order valence-electron chi connectivity index (χ1n) is 10.3. The highest BCUT2D eigenvalue weighted by Gasteiger charge is 2.63. The summed E-state index contributed by atoms with van der Waals surface area (Å²) in [4.78, 5) is 11.8. The minimum Gasteiger partial charge on any atom is -0.355 e. The number of fused-ring (bicyclic) bond motifs is 3. The molecular formula is C22H34ClNO. The van der Waals surface area contributed by atoms with E-state index in [-0.39, 0.29) is 17.2 Å². The zero-order chi connectivity index (χ0) is 17.9. The molecule has 4 aliphatic rings. The number of carbonyl (C=O) groups is 1. The smallest absolute Gasteiger partial charge is 0.234 e. The maximum absolute atomic E-state index is 11.8. The van der Waals surface area contributed by atoms with Crippen LogP contribution in [0.25, 0.3) is 0 Å². The Labute approximate surface area is 158 Å². The number of alkyl halides is 1. The first-order chi connectivity index (χ1) is 11.8. The lowest BCUT2D eigenvalue weighted by Crippen LogP contribution is -2.58. The van der Waals surface area contributed by atoms with E-state index in [0.29, 0.717) is 10.8 Å². The number of halogens is 1. The van der Waals surface area contributed by atoms with Gasteiger partial charge in [-0.25, -0.2) is 0 Å². The first kappa shape index (κ1) is 17.9. The first-order valence-corrected chi connectivity index (χ1v) is 10.9. The van der Waals surface area contributed by atoms with Crippen molar-refractivity contribution in [1.82, 2.24) is 5.32 Å². The number of nitrogens with one attached hydrogen (secondary N) is 1.